The summed E-state index contributed by atoms with van der Waals surface area (Å²) in [6.07, 6.45) is 4.26. The van der Waals surface area contributed by atoms with Crippen molar-refractivity contribution in [3.8, 4) is 0 Å². The Morgan fingerprint density at radius 3 is 2.13 bits per heavy atom. The second kappa shape index (κ2) is 23.3. The van der Waals surface area contributed by atoms with Crippen LogP contribution in [0.2, 0.25) is 5.02 Å². The first-order valence-electron chi connectivity index (χ1n) is 20.9. The van der Waals surface area contributed by atoms with Crippen LogP contribution in [0.15, 0.2) is 47.6 Å². The van der Waals surface area contributed by atoms with E-state index in [9.17, 15) is 33.6 Å². The average Bonchev–Trinajstić information content (AvgIpc) is 3.18. The Labute approximate surface area is 362 Å². The summed E-state index contributed by atoms with van der Waals surface area (Å²) in [5, 5.41) is 11.9. The number of hydrogen-bond donors (Lipinski definition) is 4. The van der Waals surface area contributed by atoms with Crippen LogP contribution in [0.4, 0.5) is 0 Å². The highest BCUT2D eigenvalue weighted by Crippen LogP contribution is 2.22. The molecule has 4 N–H and O–H groups in total. The molecule has 0 spiro atoms. The van der Waals surface area contributed by atoms with Crippen LogP contribution in [0, 0.1) is 17.8 Å². The van der Waals surface area contributed by atoms with Gasteiger partial charge in [-0.3, -0.25) is 28.8 Å². The van der Waals surface area contributed by atoms with Crippen LogP contribution in [0.1, 0.15) is 107 Å². The number of amides is 6. The quantitative estimate of drug-likeness (QED) is 0.221. The average molecular weight is 858 g/mol. The lowest BCUT2D eigenvalue weighted by molar-refractivity contribution is -0.154. The second-order valence-electron chi connectivity index (χ2n) is 17.2. The molecule has 0 fully saturated rings. The van der Waals surface area contributed by atoms with Crippen LogP contribution >= 0.6 is 11.6 Å². The SMILES string of the molecule is C/C=C(\C)[C@H]1NC(=O)C(C)(C)NC(=O)[C@H](C(C)CC)NC(=O)CN(C)C(=O)[C@@H](Cc2ccc(Cl)cc2)N(C)C(=O)[C@H](C)NC(=O)[C@@H](CC(C)C)OC(=O)/C(C)=C/CC[C@@H]1C. The van der Waals surface area contributed by atoms with Crippen molar-refractivity contribution in [2.75, 3.05) is 20.6 Å². The number of allylic oxidation sites excluding steroid dienone is 2. The van der Waals surface area contributed by atoms with Gasteiger partial charge >= 0.3 is 5.97 Å². The van der Waals surface area contributed by atoms with E-state index in [2.05, 4.69) is 21.3 Å². The molecule has 0 bridgehead atoms. The number of likely N-dealkylation sites (N-methyl/N-ethyl adjacent to an activating group) is 2. The highest BCUT2D eigenvalue weighted by atomic mass is 35.5. The molecule has 7 atom stereocenters. The van der Waals surface area contributed by atoms with Gasteiger partial charge in [-0.15, -0.1) is 0 Å². The lowest BCUT2D eigenvalue weighted by Crippen LogP contribution is -2.62. The molecule has 1 aromatic carbocycles. The third kappa shape index (κ3) is 15.1. The van der Waals surface area contributed by atoms with Crippen molar-refractivity contribution in [2.24, 2.45) is 17.8 Å². The molecule has 1 aromatic rings. The Morgan fingerprint density at radius 2 is 1.57 bits per heavy atom. The number of halogens is 1. The monoisotopic (exact) mass is 856 g/mol. The van der Waals surface area contributed by atoms with E-state index in [4.69, 9.17) is 16.3 Å². The van der Waals surface area contributed by atoms with Crippen molar-refractivity contribution in [1.29, 1.82) is 0 Å². The fraction of sp³-hybridized carbons (Fsp3) is 0.622. The molecule has 0 saturated heterocycles. The molecule has 0 aromatic heterocycles. The third-order valence-electron chi connectivity index (χ3n) is 11.2. The van der Waals surface area contributed by atoms with Crippen LogP contribution < -0.4 is 21.3 Å². The van der Waals surface area contributed by atoms with Gasteiger partial charge < -0.3 is 35.8 Å². The van der Waals surface area contributed by atoms with Crippen molar-refractivity contribution in [2.45, 2.75) is 144 Å². The minimum Gasteiger partial charge on any atom is -0.449 e. The first-order valence-corrected chi connectivity index (χ1v) is 21.3. The molecular formula is C45H69ClN6O8. The number of esters is 1. The highest BCUT2D eigenvalue weighted by molar-refractivity contribution is 6.30. The van der Waals surface area contributed by atoms with E-state index in [1.807, 2.05) is 54.5 Å². The molecule has 1 heterocycles. The molecule has 1 aliphatic heterocycles. The molecule has 1 aliphatic rings. The third-order valence-corrected chi connectivity index (χ3v) is 11.4. The van der Waals surface area contributed by atoms with Gasteiger partial charge in [-0.25, -0.2) is 4.79 Å². The van der Waals surface area contributed by atoms with Gasteiger partial charge in [-0.2, -0.15) is 0 Å². The first kappa shape index (κ1) is 51.4. The van der Waals surface area contributed by atoms with Crippen molar-refractivity contribution in [3.63, 3.8) is 0 Å². The predicted molar refractivity (Wildman–Crippen MR) is 233 cm³/mol. The zero-order chi connectivity index (χ0) is 45.6. The normalized spacial score (nSPS) is 26.9. The Morgan fingerprint density at radius 1 is 0.950 bits per heavy atom. The minimum atomic E-state index is -1.39. The second-order valence-corrected chi connectivity index (χ2v) is 17.7. The van der Waals surface area contributed by atoms with E-state index in [1.54, 1.807) is 51.1 Å². The molecule has 0 aliphatic carbocycles. The summed E-state index contributed by atoms with van der Waals surface area (Å²) in [5.41, 5.74) is 0.503. The summed E-state index contributed by atoms with van der Waals surface area (Å²) in [6, 6.07) is 3.07. The van der Waals surface area contributed by atoms with Gasteiger partial charge in [0.15, 0.2) is 6.10 Å². The molecule has 14 nitrogen and oxygen atoms in total. The summed E-state index contributed by atoms with van der Waals surface area (Å²) >= 11 is 6.13. The molecule has 0 saturated carbocycles. The Bertz CT molecular complexity index is 1760. The van der Waals surface area contributed by atoms with Crippen LogP contribution in [-0.4, -0.2) is 108 Å². The maximum absolute atomic E-state index is 14.2. The molecule has 15 heteroatoms. The van der Waals surface area contributed by atoms with Crippen LogP contribution in [0.5, 0.6) is 0 Å². The minimum absolute atomic E-state index is 0.0393. The Hall–Kier alpha value is -4.72. The van der Waals surface area contributed by atoms with Crippen molar-refractivity contribution >= 4 is 53.0 Å². The summed E-state index contributed by atoms with van der Waals surface area (Å²) in [5.74, 6) is -4.60. The Kier molecular flexibility index (Phi) is 20.0. The number of carbonyl (C=O) groups is 7. The van der Waals surface area contributed by atoms with E-state index in [-0.39, 0.29) is 30.6 Å². The fourth-order valence-electron chi connectivity index (χ4n) is 6.85. The van der Waals surface area contributed by atoms with Crippen LogP contribution in [0.3, 0.4) is 0 Å². The van der Waals surface area contributed by atoms with Gasteiger partial charge in [0.2, 0.25) is 29.5 Å². The van der Waals surface area contributed by atoms with E-state index in [1.165, 1.54) is 30.8 Å². The molecular weight excluding hydrogens is 788 g/mol. The number of carbonyl (C=O) groups excluding carboxylic acids is 7. The van der Waals surface area contributed by atoms with E-state index in [0.29, 0.717) is 35.4 Å². The van der Waals surface area contributed by atoms with Gasteiger partial charge in [0.25, 0.3) is 5.91 Å². The Balaban J connectivity index is 2.64. The largest absolute Gasteiger partial charge is 0.449 e. The zero-order valence-corrected chi connectivity index (χ0v) is 38.6. The first-order chi connectivity index (χ1) is 27.9. The van der Waals surface area contributed by atoms with Gasteiger partial charge in [0.05, 0.1) is 12.6 Å². The number of cyclic esters (lactones) is 1. The summed E-state index contributed by atoms with van der Waals surface area (Å²) in [4.78, 5) is 99.0. The fourth-order valence-corrected chi connectivity index (χ4v) is 6.98. The number of nitrogens with one attached hydrogen (secondary N) is 4. The molecule has 6 amide bonds. The highest BCUT2D eigenvalue weighted by Gasteiger charge is 2.38. The number of benzene rings is 1. The van der Waals surface area contributed by atoms with Gasteiger partial charge in [-0.05, 0) is 96.3 Å². The van der Waals surface area contributed by atoms with Gasteiger partial charge in [-0.1, -0.05) is 82.5 Å². The molecule has 60 heavy (non-hydrogen) atoms. The number of ether oxygens (including phenoxy) is 1. The standard InChI is InChI=1S/C45H69ClN6O8/c1-14-27(5)37-29(7)17-16-18-30(8)43(58)60-35(23-26(3)4)39(54)47-31(9)41(56)52(13)34(24-32-19-21-33(46)22-20-32)42(57)51(12)25-36(53)48-38(28(6)15-2)40(55)50-45(10,11)44(59)49-37/h14,18-22,26,28-29,31,34-35,37-38H,15-17,23-25H2,1-13H3,(H,47,54)(H,48,53)(H,49,59)(H,50,55)/b27-14+,30-18+/t28?,29-,31-,34+,35+,37+,38-/m0/s1. The lowest BCUT2D eigenvalue weighted by atomic mass is 9.89. The summed E-state index contributed by atoms with van der Waals surface area (Å²) in [7, 11) is 2.86. The maximum atomic E-state index is 14.2. The summed E-state index contributed by atoms with van der Waals surface area (Å²) < 4.78 is 5.73. The van der Waals surface area contributed by atoms with Crippen molar-refractivity contribution < 1.29 is 38.3 Å². The topological polar surface area (TPSA) is 183 Å². The molecule has 1 unspecified atom stereocenters. The summed E-state index contributed by atoms with van der Waals surface area (Å²) in [6.45, 7) is 19.0. The number of nitrogens with zero attached hydrogens (tertiary/aromatic N) is 2. The lowest BCUT2D eigenvalue weighted by Gasteiger charge is -2.34. The zero-order valence-electron chi connectivity index (χ0n) is 37.9. The smallest absolute Gasteiger partial charge is 0.334 e. The number of hydrogen-bond acceptors (Lipinski definition) is 8. The van der Waals surface area contributed by atoms with Crippen molar-refractivity contribution in [1.82, 2.24) is 31.1 Å². The van der Waals surface area contributed by atoms with Crippen LogP contribution in [0.25, 0.3) is 0 Å². The van der Waals surface area contributed by atoms with E-state index in [0.717, 1.165) is 5.57 Å². The van der Waals surface area contributed by atoms with Gasteiger partial charge in [0, 0.05) is 31.1 Å². The van der Waals surface area contributed by atoms with E-state index >= 15 is 0 Å². The molecule has 2 rings (SSSR count). The predicted octanol–water partition coefficient (Wildman–Crippen LogP) is 4.88. The van der Waals surface area contributed by atoms with Crippen molar-refractivity contribution in [3.05, 3.63) is 58.1 Å². The van der Waals surface area contributed by atoms with Gasteiger partial charge in [0.1, 0.15) is 23.7 Å². The molecule has 0 radical (unpaired) electrons. The molecule has 334 valence electrons. The number of rotatable bonds is 7. The van der Waals surface area contributed by atoms with Crippen LogP contribution in [-0.2, 0) is 44.7 Å². The van der Waals surface area contributed by atoms with E-state index < -0.39 is 83.8 Å². The maximum Gasteiger partial charge on any atom is 0.334 e.